The first-order valence-electron chi connectivity index (χ1n) is 6.63. The normalized spacial score (nSPS) is 12.2. The van der Waals surface area contributed by atoms with E-state index in [0.717, 1.165) is 12.2 Å². The fraction of sp³-hybridized carbons (Fsp3) is 0.533. The van der Waals surface area contributed by atoms with E-state index in [9.17, 15) is 4.79 Å². The minimum atomic E-state index is -0.403. The summed E-state index contributed by atoms with van der Waals surface area (Å²) in [5.74, 6) is 1.31. The molecular weight excluding hydrogens is 226 g/mol. The van der Waals surface area contributed by atoms with Crippen molar-refractivity contribution < 1.29 is 9.53 Å². The Morgan fingerprint density at radius 1 is 1.28 bits per heavy atom. The van der Waals surface area contributed by atoms with Crippen LogP contribution in [0.4, 0.5) is 0 Å². The van der Waals surface area contributed by atoms with Crippen LogP contribution in [0, 0.1) is 5.92 Å². The topological polar surface area (TPSA) is 38.3 Å². The summed E-state index contributed by atoms with van der Waals surface area (Å²) in [7, 11) is 0. The van der Waals surface area contributed by atoms with Gasteiger partial charge in [0.2, 0.25) is 0 Å². The maximum atomic E-state index is 11.9. The zero-order chi connectivity index (χ0) is 13.4. The molecule has 0 saturated carbocycles. The van der Waals surface area contributed by atoms with Gasteiger partial charge in [0, 0.05) is 6.54 Å². The molecule has 0 fully saturated rings. The number of carbonyl (C=O) groups excluding carboxylic acids is 1. The Labute approximate surface area is 110 Å². The van der Waals surface area contributed by atoms with Gasteiger partial charge in [0.25, 0.3) is 5.91 Å². The third-order valence-corrected chi connectivity index (χ3v) is 2.71. The molecule has 0 bridgehead atoms. The summed E-state index contributed by atoms with van der Waals surface area (Å²) in [6.45, 7) is 6.95. The van der Waals surface area contributed by atoms with E-state index in [1.165, 1.54) is 0 Å². The van der Waals surface area contributed by atoms with Crippen molar-refractivity contribution in [1.82, 2.24) is 5.32 Å². The molecule has 1 rings (SSSR count). The van der Waals surface area contributed by atoms with Gasteiger partial charge in [-0.1, -0.05) is 39.0 Å². The Bertz CT molecular complexity index is 349. The summed E-state index contributed by atoms with van der Waals surface area (Å²) in [6.07, 6.45) is 1.26. The van der Waals surface area contributed by atoms with Crippen molar-refractivity contribution in [3.63, 3.8) is 0 Å². The van der Waals surface area contributed by atoms with Crippen LogP contribution in [0.25, 0.3) is 0 Å². The molecule has 0 aliphatic rings. The van der Waals surface area contributed by atoms with E-state index < -0.39 is 6.10 Å². The quantitative estimate of drug-likeness (QED) is 0.806. The number of hydrogen-bond acceptors (Lipinski definition) is 2. The number of rotatable bonds is 7. The lowest BCUT2D eigenvalue weighted by Crippen LogP contribution is -2.38. The first kappa shape index (κ1) is 14.6. The molecule has 0 radical (unpaired) electrons. The van der Waals surface area contributed by atoms with Crippen LogP contribution in [0.5, 0.6) is 5.75 Å². The molecule has 1 amide bonds. The Hall–Kier alpha value is -1.51. The third-order valence-electron chi connectivity index (χ3n) is 2.71. The fourth-order valence-electron chi connectivity index (χ4n) is 1.58. The van der Waals surface area contributed by atoms with E-state index in [4.69, 9.17) is 4.74 Å². The molecule has 3 heteroatoms. The Kier molecular flexibility index (Phi) is 6.26. The molecule has 1 N–H and O–H groups in total. The van der Waals surface area contributed by atoms with Crippen molar-refractivity contribution in [1.29, 1.82) is 0 Å². The minimum Gasteiger partial charge on any atom is -0.481 e. The minimum absolute atomic E-state index is 0.0259. The average molecular weight is 249 g/mol. The van der Waals surface area contributed by atoms with E-state index in [1.807, 2.05) is 37.3 Å². The smallest absolute Gasteiger partial charge is 0.261 e. The summed E-state index contributed by atoms with van der Waals surface area (Å²) < 4.78 is 5.67. The van der Waals surface area contributed by atoms with Crippen molar-refractivity contribution in [2.45, 2.75) is 39.7 Å². The molecule has 100 valence electrons. The lowest BCUT2D eigenvalue weighted by molar-refractivity contribution is -0.128. The highest BCUT2D eigenvalue weighted by molar-refractivity contribution is 5.81. The van der Waals surface area contributed by atoms with Crippen molar-refractivity contribution in [3.8, 4) is 5.75 Å². The van der Waals surface area contributed by atoms with Crippen LogP contribution < -0.4 is 10.1 Å². The SMILES string of the molecule is CC[C@@H](Oc1ccccc1)C(=O)NCCC(C)C. The third kappa shape index (κ3) is 5.21. The molecular formula is C15H23NO2. The molecule has 0 heterocycles. The van der Waals surface area contributed by atoms with E-state index >= 15 is 0 Å². The van der Waals surface area contributed by atoms with Gasteiger partial charge in [-0.3, -0.25) is 4.79 Å². The number of amides is 1. The zero-order valence-electron chi connectivity index (χ0n) is 11.5. The van der Waals surface area contributed by atoms with Crippen molar-refractivity contribution in [2.24, 2.45) is 5.92 Å². The van der Waals surface area contributed by atoms with Crippen LogP contribution >= 0.6 is 0 Å². The number of para-hydroxylation sites is 1. The van der Waals surface area contributed by atoms with Crippen LogP contribution in [0.3, 0.4) is 0 Å². The predicted molar refractivity (Wildman–Crippen MR) is 73.6 cm³/mol. The highest BCUT2D eigenvalue weighted by atomic mass is 16.5. The van der Waals surface area contributed by atoms with Gasteiger partial charge < -0.3 is 10.1 Å². The molecule has 0 aliphatic heterocycles. The molecule has 0 spiro atoms. The Morgan fingerprint density at radius 3 is 2.50 bits per heavy atom. The van der Waals surface area contributed by atoms with E-state index in [0.29, 0.717) is 18.9 Å². The molecule has 3 nitrogen and oxygen atoms in total. The van der Waals surface area contributed by atoms with Crippen molar-refractivity contribution in [2.75, 3.05) is 6.54 Å². The van der Waals surface area contributed by atoms with Crippen LogP contribution in [0.1, 0.15) is 33.6 Å². The highest BCUT2D eigenvalue weighted by Crippen LogP contribution is 2.12. The molecule has 0 aromatic heterocycles. The van der Waals surface area contributed by atoms with Gasteiger partial charge in [-0.2, -0.15) is 0 Å². The maximum Gasteiger partial charge on any atom is 0.261 e. The van der Waals surface area contributed by atoms with Crippen LogP contribution in [0.2, 0.25) is 0 Å². The molecule has 0 saturated heterocycles. The summed E-state index contributed by atoms with van der Waals surface area (Å²) in [4.78, 5) is 11.9. The zero-order valence-corrected chi connectivity index (χ0v) is 11.5. The van der Waals surface area contributed by atoms with Crippen molar-refractivity contribution in [3.05, 3.63) is 30.3 Å². The monoisotopic (exact) mass is 249 g/mol. The van der Waals surface area contributed by atoms with E-state index in [2.05, 4.69) is 19.2 Å². The summed E-state index contributed by atoms with van der Waals surface area (Å²) in [6, 6.07) is 9.46. The first-order chi connectivity index (χ1) is 8.63. The lowest BCUT2D eigenvalue weighted by atomic mass is 10.1. The van der Waals surface area contributed by atoms with Crippen molar-refractivity contribution >= 4 is 5.91 Å². The number of carbonyl (C=O) groups is 1. The molecule has 0 aliphatic carbocycles. The Morgan fingerprint density at radius 2 is 1.94 bits per heavy atom. The predicted octanol–water partition coefficient (Wildman–Crippen LogP) is 3.01. The second-order valence-electron chi connectivity index (χ2n) is 4.80. The molecule has 1 aromatic carbocycles. The largest absolute Gasteiger partial charge is 0.481 e. The van der Waals surface area contributed by atoms with Gasteiger partial charge in [0.1, 0.15) is 5.75 Å². The van der Waals surface area contributed by atoms with Crippen LogP contribution in [0.15, 0.2) is 30.3 Å². The Balaban J connectivity index is 2.43. The second kappa shape index (κ2) is 7.75. The van der Waals surface area contributed by atoms with E-state index in [-0.39, 0.29) is 5.91 Å². The summed E-state index contributed by atoms with van der Waals surface area (Å²) in [5.41, 5.74) is 0. The first-order valence-corrected chi connectivity index (χ1v) is 6.63. The molecule has 0 unspecified atom stereocenters. The number of nitrogens with one attached hydrogen (secondary N) is 1. The highest BCUT2D eigenvalue weighted by Gasteiger charge is 2.17. The number of hydrogen-bond donors (Lipinski definition) is 1. The average Bonchev–Trinajstić information content (AvgIpc) is 2.36. The van der Waals surface area contributed by atoms with E-state index in [1.54, 1.807) is 0 Å². The van der Waals surface area contributed by atoms with Gasteiger partial charge in [-0.05, 0) is 30.9 Å². The number of benzene rings is 1. The standard InChI is InChI=1S/C15H23NO2/c1-4-14(15(17)16-11-10-12(2)3)18-13-8-6-5-7-9-13/h5-9,12,14H,4,10-11H2,1-3H3,(H,16,17)/t14-/m1/s1. The number of ether oxygens (including phenoxy) is 1. The molecule has 18 heavy (non-hydrogen) atoms. The molecule has 1 atom stereocenters. The lowest BCUT2D eigenvalue weighted by Gasteiger charge is -2.17. The van der Waals surface area contributed by atoms with Gasteiger partial charge in [0.05, 0.1) is 0 Å². The van der Waals surface area contributed by atoms with Crippen LogP contribution in [-0.4, -0.2) is 18.6 Å². The van der Waals surface area contributed by atoms with Gasteiger partial charge in [-0.25, -0.2) is 0 Å². The van der Waals surface area contributed by atoms with Gasteiger partial charge in [0.15, 0.2) is 6.10 Å². The summed E-state index contributed by atoms with van der Waals surface area (Å²) in [5, 5.41) is 2.92. The second-order valence-corrected chi connectivity index (χ2v) is 4.80. The van der Waals surface area contributed by atoms with Gasteiger partial charge >= 0.3 is 0 Å². The van der Waals surface area contributed by atoms with Gasteiger partial charge in [-0.15, -0.1) is 0 Å². The summed E-state index contributed by atoms with van der Waals surface area (Å²) >= 11 is 0. The fourth-order valence-corrected chi connectivity index (χ4v) is 1.58. The molecule has 1 aromatic rings. The maximum absolute atomic E-state index is 11.9. The van der Waals surface area contributed by atoms with Crippen LogP contribution in [-0.2, 0) is 4.79 Å².